The van der Waals surface area contributed by atoms with Gasteiger partial charge in [0.1, 0.15) is 5.75 Å². The van der Waals surface area contributed by atoms with Gasteiger partial charge in [0.25, 0.3) is 0 Å². The molecule has 3 heteroatoms. The van der Waals surface area contributed by atoms with Gasteiger partial charge in [-0.25, -0.2) is 4.79 Å². The van der Waals surface area contributed by atoms with Gasteiger partial charge in [-0.05, 0) is 106 Å². The molecule has 2 N–H and O–H groups in total. The second-order valence-electron chi connectivity index (χ2n) is 10.5. The highest BCUT2D eigenvalue weighted by Gasteiger charge is 2.53. The maximum Gasteiger partial charge on any atom is 0.335 e. The largest absolute Gasteiger partial charge is 0.508 e. The number of carbonyl (C=O) groups is 1. The smallest absolute Gasteiger partial charge is 0.335 e. The van der Waals surface area contributed by atoms with Crippen molar-refractivity contribution in [2.24, 2.45) is 22.7 Å². The van der Waals surface area contributed by atoms with Crippen molar-refractivity contribution in [1.82, 2.24) is 0 Å². The summed E-state index contributed by atoms with van der Waals surface area (Å²) in [5.41, 5.74) is 4.27. The van der Waals surface area contributed by atoms with E-state index in [0.717, 1.165) is 18.4 Å². The van der Waals surface area contributed by atoms with Crippen LogP contribution in [0.1, 0.15) is 89.1 Å². The number of fused-ring (bicyclic) bond motifs is 1. The fourth-order valence-corrected chi connectivity index (χ4v) is 6.44. The molecule has 3 rings (SSSR count). The van der Waals surface area contributed by atoms with E-state index >= 15 is 0 Å². The lowest BCUT2D eigenvalue weighted by Gasteiger charge is -2.58. The SMILES string of the molecule is CC(C)=CCC[C@@]1(C)CCC[C@]2(C)[C@H](Cc3cc(C(=O)O)ccc3O)C(C)=CC[C@@H]12. The molecule has 2 aliphatic carbocycles. The zero-order chi connectivity index (χ0) is 22.1. The molecule has 0 radical (unpaired) electrons. The molecule has 0 unspecified atom stereocenters. The summed E-state index contributed by atoms with van der Waals surface area (Å²) in [7, 11) is 0. The predicted molar refractivity (Wildman–Crippen MR) is 123 cm³/mol. The molecule has 0 aromatic heterocycles. The van der Waals surface area contributed by atoms with Gasteiger partial charge in [0.05, 0.1) is 5.56 Å². The number of aromatic hydroxyl groups is 1. The molecule has 4 atom stereocenters. The molecule has 0 amide bonds. The maximum absolute atomic E-state index is 11.4. The fraction of sp³-hybridized carbons (Fsp3) is 0.593. The topological polar surface area (TPSA) is 57.5 Å². The standard InChI is InChI=1S/C27H38O3/c1-18(2)8-6-13-26(4)14-7-15-27(5)22(19(3)9-12-24(26)27)17-21-16-20(25(29)30)10-11-23(21)28/h8-11,16,22,24,28H,6-7,12-15,17H2,1-5H3,(H,29,30)/t22-,24+,26+,27-/m1/s1. The number of hydrogen-bond acceptors (Lipinski definition) is 2. The summed E-state index contributed by atoms with van der Waals surface area (Å²) in [6.07, 6.45) is 12.7. The highest BCUT2D eigenvalue weighted by Crippen LogP contribution is 2.61. The van der Waals surface area contributed by atoms with Crippen molar-refractivity contribution in [3.8, 4) is 5.75 Å². The second kappa shape index (κ2) is 8.61. The monoisotopic (exact) mass is 410 g/mol. The van der Waals surface area contributed by atoms with E-state index in [1.54, 1.807) is 6.07 Å². The van der Waals surface area contributed by atoms with Crippen LogP contribution in [0, 0.1) is 22.7 Å². The summed E-state index contributed by atoms with van der Waals surface area (Å²) in [4.78, 5) is 11.4. The van der Waals surface area contributed by atoms with Gasteiger partial charge in [-0.2, -0.15) is 0 Å². The molecular formula is C27H38O3. The number of carboxylic acid groups (broad SMARTS) is 1. The van der Waals surface area contributed by atoms with Crippen LogP contribution in [0.2, 0.25) is 0 Å². The van der Waals surface area contributed by atoms with Gasteiger partial charge < -0.3 is 10.2 Å². The van der Waals surface area contributed by atoms with Gasteiger partial charge in [-0.1, -0.05) is 43.6 Å². The van der Waals surface area contributed by atoms with Crippen LogP contribution < -0.4 is 0 Å². The molecule has 0 spiro atoms. The minimum atomic E-state index is -0.944. The van der Waals surface area contributed by atoms with E-state index in [0.29, 0.717) is 23.7 Å². The molecule has 2 aliphatic rings. The molecular weight excluding hydrogens is 372 g/mol. The third-order valence-electron chi connectivity index (χ3n) is 8.14. The summed E-state index contributed by atoms with van der Waals surface area (Å²) in [6, 6.07) is 4.68. The lowest BCUT2D eigenvalue weighted by atomic mass is 9.47. The van der Waals surface area contributed by atoms with Crippen LogP contribution in [-0.2, 0) is 6.42 Å². The van der Waals surface area contributed by atoms with Crippen LogP contribution in [0.15, 0.2) is 41.5 Å². The summed E-state index contributed by atoms with van der Waals surface area (Å²) in [5.74, 6) is 0.207. The van der Waals surface area contributed by atoms with Gasteiger partial charge in [-0.15, -0.1) is 0 Å². The molecule has 30 heavy (non-hydrogen) atoms. The van der Waals surface area contributed by atoms with Gasteiger partial charge in [-0.3, -0.25) is 0 Å². The van der Waals surface area contributed by atoms with Crippen molar-refractivity contribution in [3.05, 3.63) is 52.6 Å². The minimum Gasteiger partial charge on any atom is -0.508 e. The third kappa shape index (κ3) is 4.36. The van der Waals surface area contributed by atoms with Crippen molar-refractivity contribution in [2.75, 3.05) is 0 Å². The summed E-state index contributed by atoms with van der Waals surface area (Å²) in [5, 5.41) is 19.9. The molecule has 1 saturated carbocycles. The number of allylic oxidation sites excluding steroid dienone is 4. The van der Waals surface area contributed by atoms with Crippen LogP contribution in [0.5, 0.6) is 5.75 Å². The molecule has 0 bridgehead atoms. The van der Waals surface area contributed by atoms with Crippen molar-refractivity contribution in [3.63, 3.8) is 0 Å². The number of phenols is 1. The molecule has 164 valence electrons. The second-order valence-corrected chi connectivity index (χ2v) is 10.5. The Morgan fingerprint density at radius 3 is 2.63 bits per heavy atom. The lowest BCUT2D eigenvalue weighted by molar-refractivity contribution is -0.0506. The predicted octanol–water partition coefficient (Wildman–Crippen LogP) is 7.16. The maximum atomic E-state index is 11.4. The Labute approximate surface area is 181 Å². The highest BCUT2D eigenvalue weighted by molar-refractivity contribution is 5.88. The van der Waals surface area contributed by atoms with Crippen molar-refractivity contribution < 1.29 is 15.0 Å². The molecule has 0 aliphatic heterocycles. The van der Waals surface area contributed by atoms with E-state index in [9.17, 15) is 15.0 Å². The average molecular weight is 411 g/mol. The summed E-state index contributed by atoms with van der Waals surface area (Å²) in [6.45, 7) is 11.5. The van der Waals surface area contributed by atoms with Gasteiger partial charge in [0.2, 0.25) is 0 Å². The molecule has 0 saturated heterocycles. The molecule has 1 aromatic carbocycles. The minimum absolute atomic E-state index is 0.169. The fourth-order valence-electron chi connectivity index (χ4n) is 6.44. The van der Waals surface area contributed by atoms with E-state index in [1.807, 2.05) is 0 Å². The number of aromatic carboxylic acids is 1. The third-order valence-corrected chi connectivity index (χ3v) is 8.14. The Hall–Kier alpha value is -2.03. The number of hydrogen-bond donors (Lipinski definition) is 2. The first-order valence-electron chi connectivity index (χ1n) is 11.4. The summed E-state index contributed by atoms with van der Waals surface area (Å²) < 4.78 is 0. The van der Waals surface area contributed by atoms with Gasteiger partial charge >= 0.3 is 5.97 Å². The average Bonchev–Trinajstić information content (AvgIpc) is 2.65. The van der Waals surface area contributed by atoms with Crippen LogP contribution in [0.25, 0.3) is 0 Å². The first kappa shape index (κ1) is 22.7. The number of phenolic OH excluding ortho intramolecular Hbond substituents is 1. The van der Waals surface area contributed by atoms with Gasteiger partial charge in [0, 0.05) is 0 Å². The molecule has 0 heterocycles. The Morgan fingerprint density at radius 2 is 1.97 bits per heavy atom. The highest BCUT2D eigenvalue weighted by atomic mass is 16.4. The zero-order valence-electron chi connectivity index (χ0n) is 19.3. The number of benzene rings is 1. The van der Waals surface area contributed by atoms with E-state index in [4.69, 9.17) is 0 Å². The van der Waals surface area contributed by atoms with Gasteiger partial charge in [0.15, 0.2) is 0 Å². The van der Waals surface area contributed by atoms with E-state index in [-0.39, 0.29) is 16.7 Å². The van der Waals surface area contributed by atoms with E-state index in [2.05, 4.69) is 46.8 Å². The van der Waals surface area contributed by atoms with E-state index < -0.39 is 5.97 Å². The lowest BCUT2D eigenvalue weighted by Crippen LogP contribution is -2.50. The Morgan fingerprint density at radius 1 is 1.23 bits per heavy atom. The Kier molecular flexibility index (Phi) is 6.50. The normalized spacial score (nSPS) is 30.9. The molecule has 3 nitrogen and oxygen atoms in total. The summed E-state index contributed by atoms with van der Waals surface area (Å²) >= 11 is 0. The zero-order valence-corrected chi connectivity index (χ0v) is 19.3. The molecule has 1 fully saturated rings. The Balaban J connectivity index is 1.92. The number of rotatable bonds is 6. The van der Waals surface area contributed by atoms with Crippen LogP contribution in [0.3, 0.4) is 0 Å². The quantitative estimate of drug-likeness (QED) is 0.489. The molecule has 1 aromatic rings. The van der Waals surface area contributed by atoms with E-state index in [1.165, 1.54) is 49.0 Å². The van der Waals surface area contributed by atoms with Crippen molar-refractivity contribution >= 4 is 5.97 Å². The first-order chi connectivity index (χ1) is 14.1. The Bertz CT molecular complexity index is 861. The van der Waals surface area contributed by atoms with Crippen LogP contribution in [-0.4, -0.2) is 16.2 Å². The number of carboxylic acids is 1. The van der Waals surface area contributed by atoms with Crippen molar-refractivity contribution in [2.45, 2.75) is 79.6 Å². The first-order valence-corrected chi connectivity index (χ1v) is 11.4. The van der Waals surface area contributed by atoms with Crippen LogP contribution >= 0.6 is 0 Å². The van der Waals surface area contributed by atoms with Crippen molar-refractivity contribution in [1.29, 1.82) is 0 Å². The van der Waals surface area contributed by atoms with Crippen LogP contribution in [0.4, 0.5) is 0 Å².